The zero-order valence-electron chi connectivity index (χ0n) is 15.6. The van der Waals surface area contributed by atoms with Gasteiger partial charge < -0.3 is 9.64 Å². The highest BCUT2D eigenvalue weighted by atomic mass is 19.4. The molecule has 27 heavy (non-hydrogen) atoms. The zero-order valence-corrected chi connectivity index (χ0v) is 15.6. The summed E-state index contributed by atoms with van der Waals surface area (Å²) < 4.78 is 84.7. The van der Waals surface area contributed by atoms with Gasteiger partial charge in [-0.25, -0.2) is 9.98 Å². The van der Waals surface area contributed by atoms with Gasteiger partial charge in [-0.1, -0.05) is 13.8 Å². The number of alkyl halides is 6. The Morgan fingerprint density at radius 2 is 1.81 bits per heavy atom. The SMILES string of the molecule is CCN(C)/C=N/c1cc(C(F)(F)F)c(OCCCC(C)C)nc1C(F)(F)F. The Kier molecular flexibility index (Phi) is 7.91. The molecule has 0 spiro atoms. The van der Waals surface area contributed by atoms with Crippen molar-refractivity contribution in [3.63, 3.8) is 0 Å². The molecule has 0 amide bonds. The summed E-state index contributed by atoms with van der Waals surface area (Å²) in [5.74, 6) is -0.789. The summed E-state index contributed by atoms with van der Waals surface area (Å²) in [4.78, 5) is 8.09. The van der Waals surface area contributed by atoms with E-state index in [4.69, 9.17) is 4.74 Å². The largest absolute Gasteiger partial charge is 0.477 e. The van der Waals surface area contributed by atoms with E-state index in [1.54, 1.807) is 6.92 Å². The van der Waals surface area contributed by atoms with E-state index in [1.807, 2.05) is 13.8 Å². The molecule has 1 heterocycles. The third kappa shape index (κ3) is 7.26. The van der Waals surface area contributed by atoms with Crippen LogP contribution in [-0.2, 0) is 12.4 Å². The molecule has 0 aliphatic heterocycles. The number of ether oxygens (including phenoxy) is 1. The van der Waals surface area contributed by atoms with Crippen LogP contribution in [0.5, 0.6) is 5.88 Å². The zero-order chi connectivity index (χ0) is 20.8. The van der Waals surface area contributed by atoms with Gasteiger partial charge in [0.05, 0.1) is 18.6 Å². The topological polar surface area (TPSA) is 37.7 Å². The lowest BCUT2D eigenvalue weighted by molar-refractivity contribution is -0.145. The molecule has 4 nitrogen and oxygen atoms in total. The highest BCUT2D eigenvalue weighted by molar-refractivity contribution is 5.63. The van der Waals surface area contributed by atoms with Crippen molar-refractivity contribution in [3.8, 4) is 5.88 Å². The minimum Gasteiger partial charge on any atom is -0.477 e. The Bertz CT molecular complexity index is 641. The Morgan fingerprint density at radius 3 is 2.30 bits per heavy atom. The monoisotopic (exact) mass is 399 g/mol. The van der Waals surface area contributed by atoms with E-state index < -0.39 is 35.2 Å². The number of aliphatic imine (C=N–C) groups is 1. The lowest BCUT2D eigenvalue weighted by atomic mass is 10.1. The van der Waals surface area contributed by atoms with Crippen LogP contribution in [0.15, 0.2) is 11.1 Å². The Balaban J connectivity index is 3.34. The molecule has 0 fully saturated rings. The minimum atomic E-state index is -4.97. The smallest absolute Gasteiger partial charge is 0.435 e. The fraction of sp³-hybridized carbons (Fsp3) is 0.647. The molecule has 0 aliphatic carbocycles. The van der Waals surface area contributed by atoms with Crippen LogP contribution in [0.2, 0.25) is 0 Å². The van der Waals surface area contributed by atoms with Crippen molar-refractivity contribution in [2.75, 3.05) is 20.2 Å². The average molecular weight is 399 g/mol. The molecule has 0 bridgehead atoms. The molecule has 0 saturated heterocycles. The molecule has 0 unspecified atom stereocenters. The normalized spacial score (nSPS) is 12.9. The number of aromatic nitrogens is 1. The van der Waals surface area contributed by atoms with Gasteiger partial charge in [-0.05, 0) is 31.7 Å². The maximum absolute atomic E-state index is 13.3. The van der Waals surface area contributed by atoms with Gasteiger partial charge in [0.2, 0.25) is 5.88 Å². The van der Waals surface area contributed by atoms with Gasteiger partial charge >= 0.3 is 12.4 Å². The Hall–Kier alpha value is -2.00. The highest BCUT2D eigenvalue weighted by Crippen LogP contribution is 2.42. The highest BCUT2D eigenvalue weighted by Gasteiger charge is 2.42. The summed E-state index contributed by atoms with van der Waals surface area (Å²) >= 11 is 0. The van der Waals surface area contributed by atoms with Crippen LogP contribution in [0.3, 0.4) is 0 Å². The molecule has 1 rings (SSSR count). The van der Waals surface area contributed by atoms with Gasteiger partial charge in [-0.2, -0.15) is 26.3 Å². The van der Waals surface area contributed by atoms with E-state index in [2.05, 4.69) is 9.98 Å². The van der Waals surface area contributed by atoms with Crippen molar-refractivity contribution in [1.82, 2.24) is 9.88 Å². The van der Waals surface area contributed by atoms with Gasteiger partial charge in [-0.3, -0.25) is 0 Å². The molecular formula is C17H23F6N3O. The summed E-state index contributed by atoms with van der Waals surface area (Å²) in [5, 5.41) is 0. The number of halogens is 6. The van der Waals surface area contributed by atoms with E-state index in [0.717, 1.165) is 6.34 Å². The van der Waals surface area contributed by atoms with Crippen molar-refractivity contribution in [2.24, 2.45) is 10.9 Å². The van der Waals surface area contributed by atoms with Crippen LogP contribution in [-0.4, -0.2) is 36.4 Å². The first-order valence-corrected chi connectivity index (χ1v) is 8.42. The number of hydrogen-bond acceptors (Lipinski definition) is 3. The maximum atomic E-state index is 13.3. The first-order valence-electron chi connectivity index (χ1n) is 8.42. The van der Waals surface area contributed by atoms with Crippen LogP contribution in [0, 0.1) is 5.92 Å². The van der Waals surface area contributed by atoms with Crippen LogP contribution in [0.1, 0.15) is 44.9 Å². The Morgan fingerprint density at radius 1 is 1.19 bits per heavy atom. The molecule has 0 aliphatic rings. The van der Waals surface area contributed by atoms with Gasteiger partial charge in [-0.15, -0.1) is 0 Å². The molecule has 0 saturated carbocycles. The van der Waals surface area contributed by atoms with Crippen LogP contribution >= 0.6 is 0 Å². The molecular weight excluding hydrogens is 376 g/mol. The third-order valence-corrected chi connectivity index (χ3v) is 3.60. The summed E-state index contributed by atoms with van der Waals surface area (Å²) in [5.41, 5.74) is -3.81. The summed E-state index contributed by atoms with van der Waals surface area (Å²) in [6.07, 6.45) is -7.81. The second kappa shape index (κ2) is 9.27. The van der Waals surface area contributed by atoms with Crippen molar-refractivity contribution in [2.45, 2.75) is 46.0 Å². The van der Waals surface area contributed by atoms with Crippen LogP contribution < -0.4 is 4.74 Å². The maximum Gasteiger partial charge on any atom is 0.435 e. The minimum absolute atomic E-state index is 0.160. The standard InChI is InChI=1S/C17H23F6N3O/c1-5-26(4)10-24-13-9-12(16(18,19)20)15(25-14(13)17(21,22)23)27-8-6-7-11(2)3/h9-11H,5-8H2,1-4H3/b24-10+. The quantitative estimate of drug-likeness (QED) is 0.249. The van der Waals surface area contributed by atoms with E-state index in [-0.39, 0.29) is 6.61 Å². The van der Waals surface area contributed by atoms with Gasteiger partial charge in [0, 0.05) is 13.6 Å². The van der Waals surface area contributed by atoms with Crippen molar-refractivity contribution in [1.29, 1.82) is 0 Å². The van der Waals surface area contributed by atoms with Gasteiger partial charge in [0.1, 0.15) is 5.56 Å². The molecule has 0 N–H and O–H groups in total. The van der Waals surface area contributed by atoms with Crippen molar-refractivity contribution < 1.29 is 31.1 Å². The van der Waals surface area contributed by atoms with Crippen molar-refractivity contribution >= 4 is 12.0 Å². The predicted molar refractivity (Wildman–Crippen MR) is 90.3 cm³/mol. The number of hydrogen-bond donors (Lipinski definition) is 0. The summed E-state index contributed by atoms with van der Waals surface area (Å²) in [7, 11) is 1.53. The second-order valence-corrected chi connectivity index (χ2v) is 6.41. The van der Waals surface area contributed by atoms with Crippen LogP contribution in [0.25, 0.3) is 0 Å². The molecule has 1 aromatic heterocycles. The predicted octanol–water partition coefficient (Wildman–Crippen LogP) is 5.55. The first kappa shape index (κ1) is 23.0. The number of rotatable bonds is 8. The molecule has 0 aromatic carbocycles. The molecule has 0 radical (unpaired) electrons. The van der Waals surface area contributed by atoms with E-state index in [1.165, 1.54) is 11.9 Å². The van der Waals surface area contributed by atoms with Gasteiger partial charge in [0.15, 0.2) is 5.69 Å². The fourth-order valence-electron chi connectivity index (χ4n) is 2.01. The molecule has 154 valence electrons. The van der Waals surface area contributed by atoms with Crippen LogP contribution in [0.4, 0.5) is 32.0 Å². The van der Waals surface area contributed by atoms with E-state index in [9.17, 15) is 26.3 Å². The lowest BCUT2D eigenvalue weighted by Gasteiger charge is -2.18. The van der Waals surface area contributed by atoms with E-state index >= 15 is 0 Å². The van der Waals surface area contributed by atoms with E-state index in [0.29, 0.717) is 31.4 Å². The summed E-state index contributed by atoms with van der Waals surface area (Å²) in [6.45, 7) is 5.81. The summed E-state index contributed by atoms with van der Waals surface area (Å²) in [6, 6.07) is 0.327. The Labute approximate surface area is 154 Å². The van der Waals surface area contributed by atoms with Crippen molar-refractivity contribution in [3.05, 3.63) is 17.3 Å². The molecule has 10 heteroatoms. The number of nitrogens with zero attached hydrogens (tertiary/aromatic N) is 3. The van der Waals surface area contributed by atoms with Gasteiger partial charge in [0.25, 0.3) is 0 Å². The fourth-order valence-corrected chi connectivity index (χ4v) is 2.01. The molecule has 0 atom stereocenters. The third-order valence-electron chi connectivity index (χ3n) is 3.60. The molecule has 1 aromatic rings. The number of pyridine rings is 1. The second-order valence-electron chi connectivity index (χ2n) is 6.41. The lowest BCUT2D eigenvalue weighted by Crippen LogP contribution is -2.17. The first-order chi connectivity index (χ1) is 12.4. The average Bonchev–Trinajstić information content (AvgIpc) is 2.54.